The number of benzene rings is 1. The number of nitrogens with one attached hydrogen (secondary N) is 2. The van der Waals surface area contributed by atoms with Crippen molar-refractivity contribution in [3.05, 3.63) is 23.8 Å². The van der Waals surface area contributed by atoms with Crippen LogP contribution < -0.4 is 16.4 Å². The van der Waals surface area contributed by atoms with Gasteiger partial charge in [-0.3, -0.25) is 9.59 Å². The number of carbonyl (C=O) groups is 2. The standard InChI is InChI=1S/C12H16ClN3O2/c1-8-2-3-9(15-12(18)7-13)10(6-8)16-11(17)4-5-14/h2-3,6H,4-5,7,14H2,1H3,(H,15,18)(H,16,17). The molecule has 0 bridgehead atoms. The summed E-state index contributed by atoms with van der Waals surface area (Å²) in [5.41, 5.74) is 7.35. The summed E-state index contributed by atoms with van der Waals surface area (Å²) in [5, 5.41) is 5.32. The number of anilines is 2. The summed E-state index contributed by atoms with van der Waals surface area (Å²) in [6, 6.07) is 5.33. The van der Waals surface area contributed by atoms with Gasteiger partial charge in [0, 0.05) is 13.0 Å². The first kappa shape index (κ1) is 14.5. The third-order valence-electron chi connectivity index (χ3n) is 2.22. The molecule has 0 aromatic heterocycles. The van der Waals surface area contributed by atoms with Crippen molar-refractivity contribution >= 4 is 34.8 Å². The summed E-state index contributed by atoms with van der Waals surface area (Å²) in [5.74, 6) is -0.649. The first-order chi connectivity index (χ1) is 8.56. The zero-order valence-electron chi connectivity index (χ0n) is 10.1. The minimum atomic E-state index is -0.324. The molecular weight excluding hydrogens is 254 g/mol. The Balaban J connectivity index is 2.89. The number of aryl methyl sites for hydroxylation is 1. The van der Waals surface area contributed by atoms with Crippen LogP contribution in [0.3, 0.4) is 0 Å². The molecule has 0 saturated heterocycles. The van der Waals surface area contributed by atoms with Gasteiger partial charge in [0.1, 0.15) is 5.88 Å². The molecule has 18 heavy (non-hydrogen) atoms. The van der Waals surface area contributed by atoms with Crippen LogP contribution in [0.25, 0.3) is 0 Å². The second kappa shape index (κ2) is 6.98. The van der Waals surface area contributed by atoms with Crippen LogP contribution in [0.1, 0.15) is 12.0 Å². The van der Waals surface area contributed by atoms with Crippen LogP contribution in [0.4, 0.5) is 11.4 Å². The molecule has 0 aliphatic heterocycles. The molecule has 2 amide bonds. The Morgan fingerprint density at radius 3 is 2.50 bits per heavy atom. The molecular formula is C12H16ClN3O2. The number of rotatable bonds is 5. The van der Waals surface area contributed by atoms with Gasteiger partial charge < -0.3 is 16.4 Å². The first-order valence-electron chi connectivity index (χ1n) is 5.53. The Hall–Kier alpha value is -1.59. The molecule has 1 aromatic carbocycles. The number of nitrogens with two attached hydrogens (primary N) is 1. The number of hydrogen-bond donors (Lipinski definition) is 3. The van der Waals surface area contributed by atoms with E-state index in [4.69, 9.17) is 17.3 Å². The lowest BCUT2D eigenvalue weighted by atomic mass is 10.2. The van der Waals surface area contributed by atoms with Gasteiger partial charge in [-0.25, -0.2) is 0 Å². The maximum atomic E-state index is 11.5. The van der Waals surface area contributed by atoms with Crippen molar-refractivity contribution in [2.75, 3.05) is 23.1 Å². The van der Waals surface area contributed by atoms with Crippen molar-refractivity contribution < 1.29 is 9.59 Å². The van der Waals surface area contributed by atoms with Gasteiger partial charge in [0.2, 0.25) is 11.8 Å². The van der Waals surface area contributed by atoms with Crippen LogP contribution in [0.15, 0.2) is 18.2 Å². The lowest BCUT2D eigenvalue weighted by Crippen LogP contribution is -2.19. The minimum Gasteiger partial charge on any atom is -0.330 e. The van der Waals surface area contributed by atoms with Crippen molar-refractivity contribution in [1.82, 2.24) is 0 Å². The van der Waals surface area contributed by atoms with Gasteiger partial charge >= 0.3 is 0 Å². The zero-order chi connectivity index (χ0) is 13.5. The largest absolute Gasteiger partial charge is 0.330 e. The van der Waals surface area contributed by atoms with Gasteiger partial charge in [0.05, 0.1) is 11.4 Å². The fourth-order valence-corrected chi connectivity index (χ4v) is 1.46. The highest BCUT2D eigenvalue weighted by molar-refractivity contribution is 6.29. The Kier molecular flexibility index (Phi) is 5.61. The maximum Gasteiger partial charge on any atom is 0.239 e. The lowest BCUT2D eigenvalue weighted by Gasteiger charge is -2.12. The van der Waals surface area contributed by atoms with Crippen molar-refractivity contribution in [3.8, 4) is 0 Å². The van der Waals surface area contributed by atoms with Crippen LogP contribution in [0.2, 0.25) is 0 Å². The number of amides is 2. The van der Waals surface area contributed by atoms with E-state index in [2.05, 4.69) is 10.6 Å². The van der Waals surface area contributed by atoms with Crippen LogP contribution in [0.5, 0.6) is 0 Å². The number of halogens is 1. The quantitative estimate of drug-likeness (QED) is 0.708. The van der Waals surface area contributed by atoms with E-state index >= 15 is 0 Å². The molecule has 0 aliphatic rings. The topological polar surface area (TPSA) is 84.2 Å². The van der Waals surface area contributed by atoms with E-state index in [1.807, 2.05) is 13.0 Å². The number of alkyl halides is 1. The van der Waals surface area contributed by atoms with Crippen molar-refractivity contribution in [2.45, 2.75) is 13.3 Å². The van der Waals surface area contributed by atoms with Crippen molar-refractivity contribution in [1.29, 1.82) is 0 Å². The molecule has 0 spiro atoms. The average molecular weight is 270 g/mol. The van der Waals surface area contributed by atoms with Crippen LogP contribution in [-0.2, 0) is 9.59 Å². The molecule has 0 saturated carbocycles. The molecule has 0 heterocycles. The molecule has 1 aromatic rings. The van der Waals surface area contributed by atoms with E-state index in [1.54, 1.807) is 12.1 Å². The summed E-state index contributed by atoms with van der Waals surface area (Å²) in [6.45, 7) is 2.17. The summed E-state index contributed by atoms with van der Waals surface area (Å²) in [4.78, 5) is 22.8. The van der Waals surface area contributed by atoms with Crippen molar-refractivity contribution in [2.24, 2.45) is 5.73 Å². The predicted molar refractivity (Wildman–Crippen MR) is 72.8 cm³/mol. The normalized spacial score (nSPS) is 9.94. The van der Waals surface area contributed by atoms with E-state index in [0.29, 0.717) is 11.4 Å². The monoisotopic (exact) mass is 269 g/mol. The molecule has 0 unspecified atom stereocenters. The average Bonchev–Trinajstić information content (AvgIpc) is 2.32. The smallest absolute Gasteiger partial charge is 0.239 e. The molecule has 4 N–H and O–H groups in total. The zero-order valence-corrected chi connectivity index (χ0v) is 10.9. The fourth-order valence-electron chi connectivity index (χ4n) is 1.40. The highest BCUT2D eigenvalue weighted by Gasteiger charge is 2.09. The Morgan fingerprint density at radius 1 is 1.22 bits per heavy atom. The van der Waals surface area contributed by atoms with Gasteiger partial charge in [0.25, 0.3) is 0 Å². The van der Waals surface area contributed by atoms with Crippen LogP contribution >= 0.6 is 11.6 Å². The van der Waals surface area contributed by atoms with E-state index in [0.717, 1.165) is 5.56 Å². The van der Waals surface area contributed by atoms with Crippen molar-refractivity contribution in [3.63, 3.8) is 0 Å². The second-order valence-corrected chi connectivity index (χ2v) is 4.08. The van der Waals surface area contributed by atoms with Gasteiger partial charge in [-0.2, -0.15) is 0 Å². The SMILES string of the molecule is Cc1ccc(NC(=O)CCl)c(NC(=O)CCN)c1. The summed E-state index contributed by atoms with van der Waals surface area (Å²) < 4.78 is 0. The van der Waals surface area contributed by atoms with Gasteiger partial charge in [-0.1, -0.05) is 6.07 Å². The fraction of sp³-hybridized carbons (Fsp3) is 0.333. The van der Waals surface area contributed by atoms with Gasteiger partial charge in [-0.05, 0) is 24.6 Å². The van der Waals surface area contributed by atoms with Crippen LogP contribution in [0, 0.1) is 6.92 Å². The molecule has 0 atom stereocenters. The Morgan fingerprint density at radius 2 is 1.89 bits per heavy atom. The molecule has 0 radical (unpaired) electrons. The number of hydrogen-bond acceptors (Lipinski definition) is 3. The predicted octanol–water partition coefficient (Wildman–Crippen LogP) is 1.46. The number of carbonyl (C=O) groups excluding carboxylic acids is 2. The minimum absolute atomic E-state index is 0.135. The Labute approximate surface area is 111 Å². The lowest BCUT2D eigenvalue weighted by molar-refractivity contribution is -0.116. The second-order valence-electron chi connectivity index (χ2n) is 3.82. The molecule has 0 aliphatic carbocycles. The third kappa shape index (κ3) is 4.35. The van der Waals surface area contributed by atoms with E-state index in [9.17, 15) is 9.59 Å². The van der Waals surface area contributed by atoms with E-state index in [1.165, 1.54) is 0 Å². The van der Waals surface area contributed by atoms with Gasteiger partial charge in [0.15, 0.2) is 0 Å². The molecule has 5 nitrogen and oxygen atoms in total. The third-order valence-corrected chi connectivity index (χ3v) is 2.46. The molecule has 1 rings (SSSR count). The summed E-state index contributed by atoms with van der Waals surface area (Å²) in [7, 11) is 0. The highest BCUT2D eigenvalue weighted by atomic mass is 35.5. The van der Waals surface area contributed by atoms with Crippen LogP contribution in [-0.4, -0.2) is 24.2 Å². The maximum absolute atomic E-state index is 11.5. The highest BCUT2D eigenvalue weighted by Crippen LogP contribution is 2.23. The van der Waals surface area contributed by atoms with Gasteiger partial charge in [-0.15, -0.1) is 11.6 Å². The first-order valence-corrected chi connectivity index (χ1v) is 6.06. The summed E-state index contributed by atoms with van der Waals surface area (Å²) >= 11 is 5.43. The van der Waals surface area contributed by atoms with E-state index < -0.39 is 0 Å². The molecule has 98 valence electrons. The molecule has 6 heteroatoms. The Bertz CT molecular complexity index is 449. The summed E-state index contributed by atoms with van der Waals surface area (Å²) in [6.07, 6.45) is 0.233. The molecule has 0 fully saturated rings. The van der Waals surface area contributed by atoms with E-state index in [-0.39, 0.29) is 30.7 Å².